The van der Waals surface area contributed by atoms with Gasteiger partial charge >= 0.3 is 0 Å². The van der Waals surface area contributed by atoms with Crippen molar-refractivity contribution in [2.75, 3.05) is 0 Å². The van der Waals surface area contributed by atoms with Crippen LogP contribution in [0, 0.1) is 10.1 Å². The van der Waals surface area contributed by atoms with Gasteiger partial charge in [0.05, 0.1) is 20.4 Å². The van der Waals surface area contributed by atoms with Crippen molar-refractivity contribution in [3.63, 3.8) is 0 Å². The fourth-order valence-electron chi connectivity index (χ4n) is 1.15. The van der Waals surface area contributed by atoms with Crippen LogP contribution in [0.4, 0.5) is 5.69 Å². The largest absolute Gasteiger partial charge is 0.287 e. The van der Waals surface area contributed by atoms with E-state index >= 15 is 0 Å². The van der Waals surface area contributed by atoms with Gasteiger partial charge in [0.2, 0.25) is 0 Å². The van der Waals surface area contributed by atoms with Crippen LogP contribution in [-0.4, -0.2) is 4.92 Å². The van der Waals surface area contributed by atoms with Crippen LogP contribution in [0.2, 0.25) is 0 Å². The normalized spacial score (nSPS) is 10.5. The molecule has 5 heteroatoms. The highest BCUT2D eigenvalue weighted by Crippen LogP contribution is 2.36. The second kappa shape index (κ2) is 3.08. The van der Waals surface area contributed by atoms with Crippen LogP contribution in [0.1, 0.15) is 0 Å². The lowest BCUT2D eigenvalue weighted by molar-refractivity contribution is -0.382. The van der Waals surface area contributed by atoms with Gasteiger partial charge < -0.3 is 0 Å². The third kappa shape index (κ3) is 1.34. The van der Waals surface area contributed by atoms with Crippen LogP contribution in [-0.2, 0) is 0 Å². The summed E-state index contributed by atoms with van der Waals surface area (Å²) in [6, 6.07) is 5.43. The molecule has 0 aliphatic rings. The molecule has 0 amide bonds. The monoisotopic (exact) mass is 257 g/mol. The SMILES string of the molecule is O=[N+]([O-])c1csc2c(Br)cccc12. The zero-order chi connectivity index (χ0) is 9.42. The minimum Gasteiger partial charge on any atom is -0.258 e. The zero-order valence-corrected chi connectivity index (χ0v) is 8.76. The highest BCUT2D eigenvalue weighted by Gasteiger charge is 2.14. The number of benzene rings is 1. The molecule has 0 N–H and O–H groups in total. The molecule has 0 spiro atoms. The highest BCUT2D eigenvalue weighted by atomic mass is 79.9. The first-order valence-corrected chi connectivity index (χ1v) is 5.17. The second-order valence-corrected chi connectivity index (χ2v) is 4.23. The highest BCUT2D eigenvalue weighted by molar-refractivity contribution is 9.10. The molecule has 66 valence electrons. The van der Waals surface area contributed by atoms with Gasteiger partial charge in [0.1, 0.15) is 0 Å². The molecule has 0 saturated heterocycles. The van der Waals surface area contributed by atoms with E-state index in [-0.39, 0.29) is 10.6 Å². The molecule has 2 aromatic rings. The van der Waals surface area contributed by atoms with E-state index in [0.717, 1.165) is 9.17 Å². The van der Waals surface area contributed by atoms with Crippen LogP contribution in [0.15, 0.2) is 28.1 Å². The average molecular weight is 258 g/mol. The third-order valence-electron chi connectivity index (χ3n) is 1.73. The van der Waals surface area contributed by atoms with Gasteiger partial charge in [-0.05, 0) is 28.1 Å². The summed E-state index contributed by atoms with van der Waals surface area (Å²) in [4.78, 5) is 10.2. The number of rotatable bonds is 1. The molecule has 0 radical (unpaired) electrons. The fraction of sp³-hybridized carbons (Fsp3) is 0. The van der Waals surface area contributed by atoms with Gasteiger partial charge in [-0.25, -0.2) is 0 Å². The molecular weight excluding hydrogens is 254 g/mol. The van der Waals surface area contributed by atoms with Crippen molar-refractivity contribution in [2.24, 2.45) is 0 Å². The standard InChI is InChI=1S/C8H4BrNO2S/c9-6-3-1-2-5-7(10(11)12)4-13-8(5)6/h1-4H. The summed E-state index contributed by atoms with van der Waals surface area (Å²) in [5, 5.41) is 12.8. The zero-order valence-electron chi connectivity index (χ0n) is 6.36. The minimum absolute atomic E-state index is 0.182. The lowest BCUT2D eigenvalue weighted by Gasteiger charge is -1.91. The molecule has 0 aliphatic carbocycles. The molecule has 2 rings (SSSR count). The van der Waals surface area contributed by atoms with E-state index in [1.807, 2.05) is 6.07 Å². The molecular formula is C8H4BrNO2S. The molecule has 1 aromatic carbocycles. The van der Waals surface area contributed by atoms with E-state index in [9.17, 15) is 10.1 Å². The number of nitro groups is 1. The summed E-state index contributed by atoms with van der Waals surface area (Å²) in [7, 11) is 0. The van der Waals surface area contributed by atoms with Crippen LogP contribution >= 0.6 is 27.3 Å². The molecule has 1 heterocycles. The van der Waals surface area contributed by atoms with Crippen molar-refractivity contribution in [3.05, 3.63) is 38.2 Å². The Kier molecular flexibility index (Phi) is 2.05. The Bertz CT molecular complexity index is 480. The molecule has 1 aromatic heterocycles. The second-order valence-electron chi connectivity index (χ2n) is 2.49. The van der Waals surface area contributed by atoms with E-state index in [1.54, 1.807) is 17.5 Å². The molecule has 3 nitrogen and oxygen atoms in total. The maximum atomic E-state index is 10.6. The van der Waals surface area contributed by atoms with Gasteiger partial charge in [-0.2, -0.15) is 0 Å². The van der Waals surface area contributed by atoms with Gasteiger partial charge in [0.15, 0.2) is 0 Å². The lowest BCUT2D eigenvalue weighted by Crippen LogP contribution is -1.84. The van der Waals surface area contributed by atoms with Gasteiger partial charge in [0, 0.05) is 4.47 Å². The van der Waals surface area contributed by atoms with Crippen molar-refractivity contribution in [2.45, 2.75) is 0 Å². The maximum Gasteiger partial charge on any atom is 0.287 e. The Hall–Kier alpha value is -0.940. The number of thiophene rings is 1. The van der Waals surface area contributed by atoms with E-state index in [2.05, 4.69) is 15.9 Å². The van der Waals surface area contributed by atoms with Crippen molar-refractivity contribution >= 4 is 43.0 Å². The molecule has 0 aliphatic heterocycles. The number of fused-ring (bicyclic) bond motifs is 1. The quantitative estimate of drug-likeness (QED) is 0.579. The Morgan fingerprint density at radius 1 is 1.46 bits per heavy atom. The fourth-order valence-corrected chi connectivity index (χ4v) is 2.72. The van der Waals surface area contributed by atoms with Crippen LogP contribution in [0.3, 0.4) is 0 Å². The molecule has 0 bridgehead atoms. The van der Waals surface area contributed by atoms with E-state index in [1.165, 1.54) is 11.3 Å². The summed E-state index contributed by atoms with van der Waals surface area (Å²) in [6.45, 7) is 0. The molecule has 0 unspecified atom stereocenters. The van der Waals surface area contributed by atoms with Crippen molar-refractivity contribution < 1.29 is 4.92 Å². The Balaban J connectivity index is 2.83. The summed E-state index contributed by atoms with van der Waals surface area (Å²) in [5.41, 5.74) is 0.182. The lowest BCUT2D eigenvalue weighted by atomic mass is 10.2. The average Bonchev–Trinajstić information content (AvgIpc) is 2.48. The maximum absolute atomic E-state index is 10.6. The Morgan fingerprint density at radius 3 is 2.92 bits per heavy atom. The number of nitrogens with zero attached hydrogens (tertiary/aromatic N) is 1. The van der Waals surface area contributed by atoms with E-state index < -0.39 is 0 Å². The first-order chi connectivity index (χ1) is 6.20. The first-order valence-electron chi connectivity index (χ1n) is 3.50. The van der Waals surface area contributed by atoms with Gasteiger partial charge in [-0.3, -0.25) is 10.1 Å². The first kappa shape index (κ1) is 8.65. The number of hydrogen-bond donors (Lipinski definition) is 0. The molecule has 0 atom stereocenters. The van der Waals surface area contributed by atoms with Crippen molar-refractivity contribution in [1.82, 2.24) is 0 Å². The number of hydrogen-bond acceptors (Lipinski definition) is 3. The van der Waals surface area contributed by atoms with Gasteiger partial charge in [-0.15, -0.1) is 11.3 Å². The predicted molar refractivity (Wildman–Crippen MR) is 56.2 cm³/mol. The number of halogens is 1. The molecule has 0 fully saturated rings. The smallest absolute Gasteiger partial charge is 0.258 e. The van der Waals surface area contributed by atoms with Crippen molar-refractivity contribution in [3.8, 4) is 0 Å². The summed E-state index contributed by atoms with van der Waals surface area (Å²) < 4.78 is 1.83. The Morgan fingerprint density at radius 2 is 2.23 bits per heavy atom. The van der Waals surface area contributed by atoms with E-state index in [4.69, 9.17) is 0 Å². The summed E-state index contributed by atoms with van der Waals surface area (Å²) in [6.07, 6.45) is 0. The van der Waals surface area contributed by atoms with Crippen molar-refractivity contribution in [1.29, 1.82) is 0 Å². The summed E-state index contributed by atoms with van der Waals surface area (Å²) in [5.74, 6) is 0. The molecule has 0 saturated carbocycles. The Labute approximate surface area is 86.3 Å². The van der Waals surface area contributed by atoms with Gasteiger partial charge in [-0.1, -0.05) is 6.07 Å². The van der Waals surface area contributed by atoms with Crippen LogP contribution in [0.25, 0.3) is 10.1 Å². The van der Waals surface area contributed by atoms with Gasteiger partial charge in [0.25, 0.3) is 5.69 Å². The predicted octanol–water partition coefficient (Wildman–Crippen LogP) is 3.57. The minimum atomic E-state index is -0.356. The summed E-state index contributed by atoms with van der Waals surface area (Å²) >= 11 is 4.73. The topological polar surface area (TPSA) is 43.1 Å². The van der Waals surface area contributed by atoms with E-state index in [0.29, 0.717) is 5.39 Å². The molecule has 13 heavy (non-hydrogen) atoms. The third-order valence-corrected chi connectivity index (χ3v) is 3.67. The van der Waals surface area contributed by atoms with Crippen LogP contribution < -0.4 is 0 Å². The van der Waals surface area contributed by atoms with Crippen LogP contribution in [0.5, 0.6) is 0 Å².